The summed E-state index contributed by atoms with van der Waals surface area (Å²) in [5.41, 5.74) is 0.497. The number of nitrogens with one attached hydrogen (secondary N) is 2. The summed E-state index contributed by atoms with van der Waals surface area (Å²) in [4.78, 5) is 11.9. The van der Waals surface area contributed by atoms with Crippen molar-refractivity contribution in [3.8, 4) is 5.75 Å². The van der Waals surface area contributed by atoms with Gasteiger partial charge in [-0.2, -0.15) is 0 Å². The van der Waals surface area contributed by atoms with Crippen LogP contribution < -0.4 is 15.4 Å². The molecule has 2 N–H and O–H groups in total. The largest absolute Gasteiger partial charge is 0.496 e. The van der Waals surface area contributed by atoms with Gasteiger partial charge in [0.25, 0.3) is 0 Å². The number of anilines is 1. The van der Waals surface area contributed by atoms with Gasteiger partial charge >= 0.3 is 0 Å². The van der Waals surface area contributed by atoms with Gasteiger partial charge in [0.1, 0.15) is 23.1 Å². The number of carbonyl (C=O) groups is 1. The number of ether oxygens (including phenoxy) is 1. The Hall–Kier alpha value is -1.99. The van der Waals surface area contributed by atoms with E-state index in [1.165, 1.54) is 6.07 Å². The third kappa shape index (κ3) is 4.52. The predicted octanol–water partition coefficient (Wildman–Crippen LogP) is 4.03. The molecule has 2 aromatic rings. The Kier molecular flexibility index (Phi) is 6.28. The van der Waals surface area contributed by atoms with Gasteiger partial charge in [0.05, 0.1) is 18.1 Å². The van der Waals surface area contributed by atoms with E-state index in [4.69, 9.17) is 4.74 Å². The Balaban J connectivity index is 1.95. The van der Waals surface area contributed by atoms with Crippen LogP contribution in [0.5, 0.6) is 5.75 Å². The van der Waals surface area contributed by atoms with Gasteiger partial charge in [0.15, 0.2) is 0 Å². The molecule has 0 aliphatic carbocycles. The van der Waals surface area contributed by atoms with E-state index in [-0.39, 0.29) is 12.6 Å². The summed E-state index contributed by atoms with van der Waals surface area (Å²) >= 11 is 3.40. The van der Waals surface area contributed by atoms with Crippen LogP contribution in [-0.2, 0) is 4.79 Å². The molecule has 128 valence electrons. The van der Waals surface area contributed by atoms with Crippen LogP contribution in [0.3, 0.4) is 0 Å². The average Bonchev–Trinajstić information content (AvgIpc) is 2.56. The van der Waals surface area contributed by atoms with Crippen molar-refractivity contribution in [3.63, 3.8) is 0 Å². The highest BCUT2D eigenvalue weighted by Crippen LogP contribution is 2.27. The number of methoxy groups -OCH3 is 1. The summed E-state index contributed by atoms with van der Waals surface area (Å²) in [6.07, 6.45) is 0. The van der Waals surface area contributed by atoms with E-state index in [1.807, 2.05) is 25.1 Å². The number of para-hydroxylation sites is 1. The zero-order valence-corrected chi connectivity index (χ0v) is 14.8. The molecule has 0 radical (unpaired) electrons. The Labute approximate surface area is 147 Å². The molecule has 0 aromatic heterocycles. The number of hydrogen-bond donors (Lipinski definition) is 2. The molecule has 1 atom stereocenters. The Morgan fingerprint density at radius 3 is 2.50 bits per heavy atom. The lowest BCUT2D eigenvalue weighted by atomic mass is 10.1. The molecular formula is C17H17BrF2N2O2. The van der Waals surface area contributed by atoms with Crippen LogP contribution >= 0.6 is 15.9 Å². The molecule has 4 nitrogen and oxygen atoms in total. The molecule has 24 heavy (non-hydrogen) atoms. The second-order valence-electron chi connectivity index (χ2n) is 5.14. The van der Waals surface area contributed by atoms with E-state index in [2.05, 4.69) is 26.6 Å². The Morgan fingerprint density at radius 1 is 1.25 bits per heavy atom. The lowest BCUT2D eigenvalue weighted by molar-refractivity contribution is -0.115. The van der Waals surface area contributed by atoms with Crippen LogP contribution in [0.2, 0.25) is 0 Å². The van der Waals surface area contributed by atoms with Crippen LogP contribution in [0.15, 0.2) is 40.9 Å². The van der Waals surface area contributed by atoms with Crippen molar-refractivity contribution < 1.29 is 18.3 Å². The average molecular weight is 399 g/mol. The summed E-state index contributed by atoms with van der Waals surface area (Å²) in [6, 6.07) is 8.84. The number of amides is 1. The van der Waals surface area contributed by atoms with Crippen LogP contribution in [0.1, 0.15) is 18.5 Å². The molecule has 1 amide bonds. The van der Waals surface area contributed by atoms with Gasteiger partial charge < -0.3 is 15.4 Å². The zero-order chi connectivity index (χ0) is 17.7. The van der Waals surface area contributed by atoms with Crippen molar-refractivity contribution in [1.29, 1.82) is 0 Å². The van der Waals surface area contributed by atoms with Crippen LogP contribution in [0.4, 0.5) is 14.5 Å². The van der Waals surface area contributed by atoms with Crippen molar-refractivity contribution >= 4 is 27.5 Å². The molecule has 0 saturated carbocycles. The number of carbonyl (C=O) groups excluding carboxylic acids is 1. The van der Waals surface area contributed by atoms with Crippen LogP contribution in [0.25, 0.3) is 0 Å². The summed E-state index contributed by atoms with van der Waals surface area (Å²) in [7, 11) is 1.58. The summed E-state index contributed by atoms with van der Waals surface area (Å²) in [6.45, 7) is 1.80. The summed E-state index contributed by atoms with van der Waals surface area (Å²) in [5.74, 6) is -1.44. The van der Waals surface area contributed by atoms with Gasteiger partial charge in [-0.15, -0.1) is 0 Å². The van der Waals surface area contributed by atoms with Crippen molar-refractivity contribution in [2.45, 2.75) is 13.0 Å². The first kappa shape index (κ1) is 18.4. The molecule has 2 rings (SSSR count). The molecule has 0 aliphatic heterocycles. The standard InChI is InChI=1S/C17H17BrF2N2O2/c1-10(11-6-7-15(24-2)12(18)8-11)21-9-16(23)22-17-13(19)4-3-5-14(17)20/h3-8,10,21H,9H2,1-2H3,(H,22,23)/t10-/m0/s1. The maximum atomic E-state index is 13.5. The lowest BCUT2D eigenvalue weighted by Crippen LogP contribution is -2.30. The molecule has 0 heterocycles. The number of benzene rings is 2. The zero-order valence-electron chi connectivity index (χ0n) is 13.2. The highest BCUT2D eigenvalue weighted by atomic mass is 79.9. The maximum Gasteiger partial charge on any atom is 0.238 e. The van der Waals surface area contributed by atoms with Crippen LogP contribution in [-0.4, -0.2) is 19.6 Å². The Bertz CT molecular complexity index is 720. The normalized spacial score (nSPS) is 11.9. The molecule has 0 bridgehead atoms. The fourth-order valence-corrected chi connectivity index (χ4v) is 2.67. The molecular weight excluding hydrogens is 382 g/mol. The summed E-state index contributed by atoms with van der Waals surface area (Å²) in [5, 5.41) is 5.24. The third-order valence-corrected chi connectivity index (χ3v) is 4.09. The molecule has 7 heteroatoms. The van der Waals surface area contributed by atoms with Gasteiger partial charge in [0.2, 0.25) is 5.91 Å². The van der Waals surface area contributed by atoms with E-state index in [9.17, 15) is 13.6 Å². The van der Waals surface area contributed by atoms with E-state index >= 15 is 0 Å². The topological polar surface area (TPSA) is 50.4 Å². The maximum absolute atomic E-state index is 13.5. The smallest absolute Gasteiger partial charge is 0.238 e. The third-order valence-electron chi connectivity index (χ3n) is 3.47. The first-order valence-corrected chi connectivity index (χ1v) is 8.02. The number of halogens is 3. The SMILES string of the molecule is COc1ccc([C@H](C)NCC(=O)Nc2c(F)cccc2F)cc1Br. The van der Waals surface area contributed by atoms with Crippen molar-refractivity contribution in [3.05, 3.63) is 58.1 Å². The van der Waals surface area contributed by atoms with Gasteiger partial charge in [-0.25, -0.2) is 8.78 Å². The second kappa shape index (κ2) is 8.21. The van der Waals surface area contributed by atoms with Gasteiger partial charge in [-0.05, 0) is 52.7 Å². The van der Waals surface area contributed by atoms with Gasteiger partial charge in [-0.3, -0.25) is 4.79 Å². The first-order valence-electron chi connectivity index (χ1n) is 7.23. The lowest BCUT2D eigenvalue weighted by Gasteiger charge is -2.16. The van der Waals surface area contributed by atoms with Gasteiger partial charge in [-0.1, -0.05) is 12.1 Å². The second-order valence-corrected chi connectivity index (χ2v) is 6.00. The summed E-state index contributed by atoms with van der Waals surface area (Å²) < 4.78 is 33.0. The molecule has 0 unspecified atom stereocenters. The highest BCUT2D eigenvalue weighted by molar-refractivity contribution is 9.10. The van der Waals surface area contributed by atoms with Crippen molar-refractivity contribution in [2.75, 3.05) is 19.0 Å². The number of hydrogen-bond acceptors (Lipinski definition) is 3. The van der Waals surface area contributed by atoms with Crippen molar-refractivity contribution in [2.24, 2.45) is 0 Å². The predicted molar refractivity (Wildman–Crippen MR) is 92.1 cm³/mol. The van der Waals surface area contributed by atoms with Crippen molar-refractivity contribution in [1.82, 2.24) is 5.32 Å². The molecule has 0 spiro atoms. The quantitative estimate of drug-likeness (QED) is 0.772. The minimum atomic E-state index is -0.810. The van der Waals surface area contributed by atoms with Gasteiger partial charge in [0, 0.05) is 6.04 Å². The minimum absolute atomic E-state index is 0.0847. The molecule has 0 aliphatic rings. The van der Waals surface area contributed by atoms with E-state index < -0.39 is 23.2 Å². The first-order chi connectivity index (χ1) is 11.4. The monoisotopic (exact) mass is 398 g/mol. The fourth-order valence-electron chi connectivity index (χ4n) is 2.12. The molecule has 0 fully saturated rings. The molecule has 0 saturated heterocycles. The highest BCUT2D eigenvalue weighted by Gasteiger charge is 2.13. The van der Waals surface area contributed by atoms with E-state index in [1.54, 1.807) is 7.11 Å². The van der Waals surface area contributed by atoms with E-state index in [0.717, 1.165) is 22.2 Å². The fraction of sp³-hybridized carbons (Fsp3) is 0.235. The van der Waals surface area contributed by atoms with Crippen LogP contribution in [0, 0.1) is 11.6 Å². The molecule has 2 aromatic carbocycles. The Morgan fingerprint density at radius 2 is 1.92 bits per heavy atom. The number of rotatable bonds is 6. The minimum Gasteiger partial charge on any atom is -0.496 e. The van der Waals surface area contributed by atoms with E-state index in [0.29, 0.717) is 5.75 Å².